The highest BCUT2D eigenvalue weighted by Gasteiger charge is 2.18. The number of carbonyl (C=O) groups is 1. The first-order chi connectivity index (χ1) is 19.9. The molecule has 0 radical (unpaired) electrons. The minimum atomic E-state index is 0.0125. The number of Topliss-reactive ketones (excluding diaryl/α,β-unsaturated/α-hetero) is 1. The normalized spacial score (nSPS) is 14.4. The first-order valence-electron chi connectivity index (χ1n) is 13.8. The molecule has 0 spiro atoms. The van der Waals surface area contributed by atoms with E-state index in [0.29, 0.717) is 39.1 Å². The Kier molecular flexibility index (Phi) is 7.83. The van der Waals surface area contributed by atoms with E-state index in [9.17, 15) is 4.79 Å². The molecule has 1 aliphatic heterocycles. The molecule has 0 aliphatic carbocycles. The summed E-state index contributed by atoms with van der Waals surface area (Å²) < 4.78 is 6.25. The van der Waals surface area contributed by atoms with Crippen LogP contribution in [0.2, 0.25) is 5.02 Å². The van der Waals surface area contributed by atoms with Gasteiger partial charge in [0.2, 0.25) is 5.88 Å². The Balaban J connectivity index is 1.19. The summed E-state index contributed by atoms with van der Waals surface area (Å²) in [5, 5.41) is 0.520. The molecule has 1 saturated heterocycles. The fourth-order valence-corrected chi connectivity index (χ4v) is 5.32. The van der Waals surface area contributed by atoms with Crippen molar-refractivity contribution in [3.8, 4) is 23.0 Å². The van der Waals surface area contributed by atoms with Crippen LogP contribution < -0.4 is 4.74 Å². The van der Waals surface area contributed by atoms with Crippen LogP contribution in [0.1, 0.15) is 27.0 Å². The molecule has 3 heterocycles. The molecular weight excluding hydrogens is 534 g/mol. The van der Waals surface area contributed by atoms with E-state index in [1.165, 1.54) is 5.56 Å². The number of carbonyl (C=O) groups excluding carboxylic acids is 1. The number of fused-ring (bicyclic) bond motifs is 1. The Morgan fingerprint density at radius 3 is 2.54 bits per heavy atom. The molecule has 8 heteroatoms. The molecule has 0 amide bonds. The van der Waals surface area contributed by atoms with Gasteiger partial charge in [0.25, 0.3) is 0 Å². The lowest BCUT2D eigenvalue weighted by Crippen LogP contribution is -2.43. The second kappa shape index (κ2) is 11.8. The number of nitrogens with one attached hydrogen (secondary N) is 1. The van der Waals surface area contributed by atoms with E-state index >= 15 is 0 Å². The van der Waals surface area contributed by atoms with E-state index in [4.69, 9.17) is 21.3 Å². The number of halogens is 1. The minimum absolute atomic E-state index is 0.0125. The Bertz CT molecular complexity index is 1690. The maximum atomic E-state index is 13.3. The lowest BCUT2D eigenvalue weighted by Gasteiger charge is -2.32. The highest BCUT2D eigenvalue weighted by atomic mass is 35.5. The van der Waals surface area contributed by atoms with Crippen molar-refractivity contribution >= 4 is 28.4 Å². The molecule has 0 bridgehead atoms. The number of aromatic amines is 1. The second-order valence-electron chi connectivity index (χ2n) is 10.6. The van der Waals surface area contributed by atoms with E-state index in [2.05, 4.69) is 39.8 Å². The van der Waals surface area contributed by atoms with Crippen LogP contribution in [0.4, 0.5) is 0 Å². The molecule has 2 aromatic heterocycles. The second-order valence-corrected chi connectivity index (χ2v) is 11.0. The van der Waals surface area contributed by atoms with Gasteiger partial charge in [0, 0.05) is 61.5 Å². The van der Waals surface area contributed by atoms with Crippen LogP contribution in [0.15, 0.2) is 79.0 Å². The third kappa shape index (κ3) is 6.17. The number of nitrogens with zero attached hydrogens (tertiary/aromatic N) is 4. The summed E-state index contributed by atoms with van der Waals surface area (Å²) in [5.41, 5.74) is 6.12. The van der Waals surface area contributed by atoms with Crippen molar-refractivity contribution in [1.82, 2.24) is 24.8 Å². The summed E-state index contributed by atoms with van der Waals surface area (Å²) in [6, 6.07) is 23.0. The van der Waals surface area contributed by atoms with Gasteiger partial charge in [0.05, 0.1) is 5.52 Å². The molecule has 0 unspecified atom stereocenters. The number of rotatable bonds is 8. The van der Waals surface area contributed by atoms with Crippen molar-refractivity contribution in [2.75, 3.05) is 33.2 Å². The lowest BCUT2D eigenvalue weighted by atomic mass is 9.98. The zero-order valence-corrected chi connectivity index (χ0v) is 24.0. The molecule has 1 fully saturated rings. The third-order valence-corrected chi connectivity index (χ3v) is 8.01. The molecule has 0 saturated carbocycles. The van der Waals surface area contributed by atoms with Crippen LogP contribution in [-0.4, -0.2) is 63.8 Å². The SMILES string of the molecule is Cc1cc(C(=O)Cc2cc(Oc3nc(-c4ccccc4)nc4cc[nH]c34)ccc2Cl)ccc1CN1CCN(C)CC1. The van der Waals surface area contributed by atoms with Crippen molar-refractivity contribution in [3.63, 3.8) is 0 Å². The quantitative estimate of drug-likeness (QED) is 0.215. The zero-order chi connectivity index (χ0) is 28.3. The summed E-state index contributed by atoms with van der Waals surface area (Å²) >= 11 is 6.54. The third-order valence-electron chi connectivity index (χ3n) is 7.64. The average molecular weight is 566 g/mol. The van der Waals surface area contributed by atoms with Crippen molar-refractivity contribution in [2.24, 2.45) is 0 Å². The predicted molar refractivity (Wildman–Crippen MR) is 163 cm³/mol. The molecule has 1 aliphatic rings. The highest BCUT2D eigenvalue weighted by Crippen LogP contribution is 2.31. The minimum Gasteiger partial charge on any atom is -0.437 e. The first kappa shape index (κ1) is 27.1. The van der Waals surface area contributed by atoms with Crippen molar-refractivity contribution < 1.29 is 9.53 Å². The van der Waals surface area contributed by atoms with Crippen molar-refractivity contribution in [2.45, 2.75) is 19.9 Å². The van der Waals surface area contributed by atoms with Gasteiger partial charge in [-0.1, -0.05) is 54.1 Å². The summed E-state index contributed by atoms with van der Waals surface area (Å²) in [4.78, 5) is 30.7. The van der Waals surface area contributed by atoms with Gasteiger partial charge < -0.3 is 14.6 Å². The number of hydrogen-bond donors (Lipinski definition) is 1. The standard InChI is InChI=1S/C33H32ClN5O2/c1-22-18-24(8-9-25(22)21-39-16-14-38(2)15-17-39)30(40)20-26-19-27(10-11-28(26)34)41-33-31-29(12-13-35-31)36-32(37-33)23-6-4-3-5-7-23/h3-13,18-19,35H,14-17,20-21H2,1-2H3. The van der Waals surface area contributed by atoms with Crippen LogP contribution in [0.3, 0.4) is 0 Å². The summed E-state index contributed by atoms with van der Waals surface area (Å²) in [6.07, 6.45) is 1.98. The number of ether oxygens (including phenoxy) is 1. The van der Waals surface area contributed by atoms with E-state index in [1.807, 2.05) is 60.8 Å². The molecule has 208 valence electrons. The fourth-order valence-electron chi connectivity index (χ4n) is 5.14. The van der Waals surface area contributed by atoms with E-state index in [1.54, 1.807) is 12.1 Å². The Hall–Kier alpha value is -4.04. The Morgan fingerprint density at radius 2 is 1.76 bits per heavy atom. The fraction of sp³-hybridized carbons (Fsp3) is 0.242. The molecule has 1 N–H and O–H groups in total. The van der Waals surface area contributed by atoms with E-state index in [0.717, 1.165) is 49.4 Å². The van der Waals surface area contributed by atoms with Gasteiger partial charge in [0.1, 0.15) is 11.3 Å². The zero-order valence-electron chi connectivity index (χ0n) is 23.2. The molecule has 5 aromatic rings. The number of ketones is 1. The van der Waals surface area contributed by atoms with Gasteiger partial charge in [-0.05, 0) is 61.0 Å². The molecule has 0 atom stereocenters. The summed E-state index contributed by atoms with van der Waals surface area (Å²) in [6.45, 7) is 7.27. The maximum Gasteiger partial charge on any atom is 0.247 e. The number of hydrogen-bond acceptors (Lipinski definition) is 6. The van der Waals surface area contributed by atoms with Crippen LogP contribution in [-0.2, 0) is 13.0 Å². The smallest absolute Gasteiger partial charge is 0.247 e. The number of piperazine rings is 1. The van der Waals surface area contributed by atoms with Crippen molar-refractivity contribution in [1.29, 1.82) is 0 Å². The molecule has 7 nitrogen and oxygen atoms in total. The first-order valence-corrected chi connectivity index (χ1v) is 14.2. The van der Waals surface area contributed by atoms with Crippen molar-refractivity contribution in [3.05, 3.63) is 106 Å². The van der Waals surface area contributed by atoms with E-state index < -0.39 is 0 Å². The topological polar surface area (TPSA) is 74.3 Å². The van der Waals surface area contributed by atoms with Crippen LogP contribution >= 0.6 is 11.6 Å². The highest BCUT2D eigenvalue weighted by molar-refractivity contribution is 6.31. The Labute approximate surface area is 244 Å². The monoisotopic (exact) mass is 565 g/mol. The van der Waals surface area contributed by atoms with Gasteiger partial charge in [0.15, 0.2) is 11.6 Å². The van der Waals surface area contributed by atoms with Gasteiger partial charge in [-0.25, -0.2) is 4.98 Å². The van der Waals surface area contributed by atoms with Crippen LogP contribution in [0.5, 0.6) is 11.6 Å². The summed E-state index contributed by atoms with van der Waals surface area (Å²) in [5.74, 6) is 1.54. The van der Waals surface area contributed by atoms with Gasteiger partial charge in [-0.2, -0.15) is 4.98 Å². The number of aryl methyl sites for hydroxylation is 1. The van der Waals surface area contributed by atoms with E-state index in [-0.39, 0.29) is 12.2 Å². The average Bonchev–Trinajstić information content (AvgIpc) is 3.47. The largest absolute Gasteiger partial charge is 0.437 e. The van der Waals surface area contributed by atoms with Gasteiger partial charge in [-0.15, -0.1) is 0 Å². The maximum absolute atomic E-state index is 13.3. The number of H-pyrrole nitrogens is 1. The molecular formula is C33H32ClN5O2. The lowest BCUT2D eigenvalue weighted by molar-refractivity contribution is 0.0993. The summed E-state index contributed by atoms with van der Waals surface area (Å²) in [7, 11) is 2.16. The number of aromatic nitrogens is 3. The predicted octanol–water partition coefficient (Wildman–Crippen LogP) is 6.55. The number of likely N-dealkylation sites (N-methyl/N-ethyl adjacent to an activating group) is 1. The molecule has 6 rings (SSSR count). The van der Waals surface area contributed by atoms with Crippen LogP contribution in [0.25, 0.3) is 22.4 Å². The van der Waals surface area contributed by atoms with Crippen LogP contribution in [0, 0.1) is 6.92 Å². The number of benzene rings is 3. The van der Waals surface area contributed by atoms with Gasteiger partial charge in [-0.3, -0.25) is 9.69 Å². The van der Waals surface area contributed by atoms with Gasteiger partial charge >= 0.3 is 0 Å². The molecule has 41 heavy (non-hydrogen) atoms. The Morgan fingerprint density at radius 1 is 0.951 bits per heavy atom. The molecule has 3 aromatic carbocycles.